The van der Waals surface area contributed by atoms with E-state index in [-0.39, 0.29) is 18.7 Å². The molecule has 0 saturated heterocycles. The maximum Gasteiger partial charge on any atom is 0.410 e. The number of carbonyl (C=O) groups excluding carboxylic acids is 1. The summed E-state index contributed by atoms with van der Waals surface area (Å²) in [6.45, 7) is 2.74. The predicted octanol–water partition coefficient (Wildman–Crippen LogP) is 5.20. The van der Waals surface area contributed by atoms with Crippen LogP contribution in [0.2, 0.25) is 0 Å². The zero-order valence-corrected chi connectivity index (χ0v) is 16.4. The smallest absolute Gasteiger partial charge is 0.410 e. The molecule has 0 radical (unpaired) electrons. The molecule has 1 atom stereocenters. The molecule has 1 amide bonds. The van der Waals surface area contributed by atoms with E-state index in [1.165, 1.54) is 0 Å². The lowest BCUT2D eigenvalue weighted by Gasteiger charge is -2.19. The number of nitrogens with two attached hydrogens (primary N) is 1. The molecule has 2 aromatic carbocycles. The molecule has 0 spiro atoms. The van der Waals surface area contributed by atoms with Crippen LogP contribution in [0, 0.1) is 0 Å². The van der Waals surface area contributed by atoms with Crippen LogP contribution in [0.15, 0.2) is 66.0 Å². The summed E-state index contributed by atoms with van der Waals surface area (Å²) in [5, 5.41) is 2.12. The second-order valence-electron chi connectivity index (χ2n) is 6.58. The van der Waals surface area contributed by atoms with Crippen LogP contribution in [0.1, 0.15) is 29.0 Å². The maximum atomic E-state index is 12.4. The van der Waals surface area contributed by atoms with E-state index < -0.39 is 0 Å². The molecule has 0 unspecified atom stereocenters. The van der Waals surface area contributed by atoms with Crippen LogP contribution in [0.5, 0.6) is 0 Å². The number of hydrogen-bond donors (Lipinski definition) is 1. The average molecular weight is 381 g/mol. The standard InChI is InChI=1S/C22H24N2O2S/c1-16(23)21-12-19(15-27-21)20-11-7-6-10-18(20)13-24(2)22(25)26-14-17-8-4-3-5-9-17/h3-12,15-16H,13-14,23H2,1-2H3/t16-/m1/s1. The summed E-state index contributed by atoms with van der Waals surface area (Å²) < 4.78 is 5.42. The van der Waals surface area contributed by atoms with Crippen LogP contribution in [0.4, 0.5) is 4.79 Å². The molecule has 0 saturated carbocycles. The summed E-state index contributed by atoms with van der Waals surface area (Å²) in [4.78, 5) is 15.1. The Hall–Kier alpha value is -2.63. The molecule has 3 rings (SSSR count). The van der Waals surface area contributed by atoms with Gasteiger partial charge in [-0.1, -0.05) is 54.6 Å². The van der Waals surface area contributed by atoms with Gasteiger partial charge in [0.25, 0.3) is 0 Å². The summed E-state index contributed by atoms with van der Waals surface area (Å²) in [6, 6.07) is 19.9. The highest BCUT2D eigenvalue weighted by Crippen LogP contribution is 2.31. The third-order valence-electron chi connectivity index (χ3n) is 4.32. The van der Waals surface area contributed by atoms with Gasteiger partial charge in [0.2, 0.25) is 0 Å². The summed E-state index contributed by atoms with van der Waals surface area (Å²) in [7, 11) is 1.76. The van der Waals surface area contributed by atoms with E-state index in [9.17, 15) is 4.79 Å². The second kappa shape index (κ2) is 8.84. The van der Waals surface area contributed by atoms with E-state index >= 15 is 0 Å². The van der Waals surface area contributed by atoms with Crippen molar-refractivity contribution in [2.45, 2.75) is 26.1 Å². The summed E-state index contributed by atoms with van der Waals surface area (Å²) in [6.07, 6.45) is -0.338. The lowest BCUT2D eigenvalue weighted by molar-refractivity contribution is 0.103. The van der Waals surface area contributed by atoms with Crippen molar-refractivity contribution in [1.82, 2.24) is 4.90 Å². The van der Waals surface area contributed by atoms with Gasteiger partial charge in [0, 0.05) is 24.5 Å². The molecule has 0 aliphatic carbocycles. The molecular formula is C22H24N2O2S. The van der Waals surface area contributed by atoms with Crippen molar-refractivity contribution in [3.05, 3.63) is 82.0 Å². The van der Waals surface area contributed by atoms with Crippen molar-refractivity contribution in [3.63, 3.8) is 0 Å². The predicted molar refractivity (Wildman–Crippen MR) is 110 cm³/mol. The normalized spacial score (nSPS) is 11.8. The maximum absolute atomic E-state index is 12.4. The van der Waals surface area contributed by atoms with Crippen LogP contribution < -0.4 is 5.73 Å². The minimum Gasteiger partial charge on any atom is -0.445 e. The zero-order valence-electron chi connectivity index (χ0n) is 15.6. The Kier molecular flexibility index (Phi) is 6.27. The summed E-state index contributed by atoms with van der Waals surface area (Å²) in [5.41, 5.74) is 10.3. The first-order valence-corrected chi connectivity index (χ1v) is 9.76. The van der Waals surface area contributed by atoms with E-state index in [0.29, 0.717) is 6.54 Å². The van der Waals surface area contributed by atoms with Gasteiger partial charge in [0.1, 0.15) is 6.61 Å². The fraction of sp³-hybridized carbons (Fsp3) is 0.227. The van der Waals surface area contributed by atoms with E-state index in [1.807, 2.05) is 55.5 Å². The molecule has 4 nitrogen and oxygen atoms in total. The summed E-state index contributed by atoms with van der Waals surface area (Å²) in [5.74, 6) is 0. The monoisotopic (exact) mass is 380 g/mol. The van der Waals surface area contributed by atoms with Crippen LogP contribution in [0.3, 0.4) is 0 Å². The van der Waals surface area contributed by atoms with Crippen LogP contribution >= 0.6 is 11.3 Å². The van der Waals surface area contributed by atoms with Gasteiger partial charge in [-0.15, -0.1) is 11.3 Å². The first kappa shape index (κ1) is 19.1. The number of carbonyl (C=O) groups is 1. The zero-order chi connectivity index (χ0) is 19.2. The van der Waals surface area contributed by atoms with Gasteiger partial charge in [-0.2, -0.15) is 0 Å². The highest BCUT2D eigenvalue weighted by molar-refractivity contribution is 7.10. The van der Waals surface area contributed by atoms with Gasteiger partial charge >= 0.3 is 6.09 Å². The summed E-state index contributed by atoms with van der Waals surface area (Å²) >= 11 is 1.66. The van der Waals surface area contributed by atoms with Crippen molar-refractivity contribution >= 4 is 17.4 Å². The Morgan fingerprint density at radius 2 is 1.85 bits per heavy atom. The third kappa shape index (κ3) is 4.96. The van der Waals surface area contributed by atoms with E-state index in [4.69, 9.17) is 10.5 Å². The average Bonchev–Trinajstić information content (AvgIpc) is 3.17. The van der Waals surface area contributed by atoms with Crippen LogP contribution in [-0.2, 0) is 17.9 Å². The quantitative estimate of drug-likeness (QED) is 0.639. The fourth-order valence-electron chi connectivity index (χ4n) is 2.82. The van der Waals surface area contributed by atoms with Crippen molar-refractivity contribution in [2.75, 3.05) is 7.05 Å². The number of ether oxygens (including phenoxy) is 1. The number of thiophene rings is 1. The molecule has 1 aromatic heterocycles. The molecule has 140 valence electrons. The largest absolute Gasteiger partial charge is 0.445 e. The number of rotatable bonds is 6. The highest BCUT2D eigenvalue weighted by Gasteiger charge is 2.15. The topological polar surface area (TPSA) is 55.6 Å². The fourth-order valence-corrected chi connectivity index (χ4v) is 3.69. The van der Waals surface area contributed by atoms with Gasteiger partial charge in [-0.3, -0.25) is 0 Å². The number of amides is 1. The Bertz CT molecular complexity index is 890. The van der Waals surface area contributed by atoms with Crippen LogP contribution in [-0.4, -0.2) is 18.0 Å². The van der Waals surface area contributed by atoms with Gasteiger partial charge in [0.05, 0.1) is 0 Å². The van der Waals surface area contributed by atoms with Crippen molar-refractivity contribution in [1.29, 1.82) is 0 Å². The number of hydrogen-bond acceptors (Lipinski definition) is 4. The molecule has 1 heterocycles. The minimum atomic E-state index is -0.338. The molecule has 2 N–H and O–H groups in total. The minimum absolute atomic E-state index is 0.0200. The molecule has 0 bridgehead atoms. The SMILES string of the molecule is C[C@@H](N)c1cc(-c2ccccc2CN(C)C(=O)OCc2ccccc2)cs1. The third-order valence-corrected chi connectivity index (χ3v) is 5.45. The van der Waals surface area contributed by atoms with Crippen molar-refractivity contribution in [2.24, 2.45) is 5.73 Å². The van der Waals surface area contributed by atoms with Gasteiger partial charge in [-0.25, -0.2) is 4.79 Å². The first-order chi connectivity index (χ1) is 13.0. The number of benzene rings is 2. The molecule has 3 aromatic rings. The van der Waals surface area contributed by atoms with Crippen molar-refractivity contribution in [3.8, 4) is 11.1 Å². The van der Waals surface area contributed by atoms with Crippen LogP contribution in [0.25, 0.3) is 11.1 Å². The Labute approximate surface area is 164 Å². The van der Waals surface area contributed by atoms with E-state index in [1.54, 1.807) is 23.3 Å². The lowest BCUT2D eigenvalue weighted by atomic mass is 10.0. The Balaban J connectivity index is 1.68. The molecule has 0 fully saturated rings. The molecule has 27 heavy (non-hydrogen) atoms. The first-order valence-electron chi connectivity index (χ1n) is 8.88. The Morgan fingerprint density at radius 1 is 1.15 bits per heavy atom. The Morgan fingerprint density at radius 3 is 2.56 bits per heavy atom. The van der Waals surface area contributed by atoms with Gasteiger partial charge in [0.15, 0.2) is 0 Å². The molecular weight excluding hydrogens is 356 g/mol. The van der Waals surface area contributed by atoms with E-state index in [2.05, 4.69) is 17.5 Å². The molecule has 0 aliphatic rings. The second-order valence-corrected chi connectivity index (χ2v) is 7.52. The van der Waals surface area contributed by atoms with Crippen molar-refractivity contribution < 1.29 is 9.53 Å². The van der Waals surface area contributed by atoms with E-state index in [0.717, 1.165) is 27.1 Å². The lowest BCUT2D eigenvalue weighted by Crippen LogP contribution is -2.27. The van der Waals surface area contributed by atoms with Gasteiger partial charge in [-0.05, 0) is 40.6 Å². The highest BCUT2D eigenvalue weighted by atomic mass is 32.1. The van der Waals surface area contributed by atoms with Gasteiger partial charge < -0.3 is 15.4 Å². The molecule has 5 heteroatoms. The molecule has 0 aliphatic heterocycles. The number of nitrogens with zero attached hydrogens (tertiary/aromatic N) is 1.